The number of hydrogen-bond acceptors (Lipinski definition) is 8. The molecular formula is C18H12ClN5O4S. The lowest BCUT2D eigenvalue weighted by Gasteiger charge is -2.10. The van der Waals surface area contributed by atoms with E-state index >= 15 is 0 Å². The summed E-state index contributed by atoms with van der Waals surface area (Å²) in [6, 6.07) is 4.94. The molecule has 0 aliphatic carbocycles. The minimum absolute atomic E-state index is 0.164. The lowest BCUT2D eigenvalue weighted by Crippen LogP contribution is -2.20. The van der Waals surface area contributed by atoms with Crippen molar-refractivity contribution >= 4 is 40.1 Å². The summed E-state index contributed by atoms with van der Waals surface area (Å²) in [4.78, 5) is 37.1. The molecule has 9 nitrogen and oxygen atoms in total. The highest BCUT2D eigenvalue weighted by molar-refractivity contribution is 7.08. The number of carboxylic acid groups (broad SMARTS) is 1. The van der Waals surface area contributed by atoms with Gasteiger partial charge in [-0.1, -0.05) is 11.6 Å². The predicted octanol–water partition coefficient (Wildman–Crippen LogP) is 2.97. The topological polar surface area (TPSA) is 120 Å². The Morgan fingerprint density at radius 1 is 1.31 bits per heavy atom. The molecule has 0 saturated carbocycles. The van der Waals surface area contributed by atoms with Gasteiger partial charge in [0.25, 0.3) is 0 Å². The first-order valence-corrected chi connectivity index (χ1v) is 9.34. The Morgan fingerprint density at radius 2 is 2.10 bits per heavy atom. The van der Waals surface area contributed by atoms with Crippen LogP contribution in [0, 0.1) is 6.92 Å². The molecule has 0 aromatic carbocycles. The SMILES string of the molecule is COc1ccc(-c2nsc(-n3cc(C(=O)O)c(=O)c4c(C)cc(Cl)nc43)n2)cn1. The molecule has 0 bridgehead atoms. The Morgan fingerprint density at radius 3 is 2.76 bits per heavy atom. The van der Waals surface area contributed by atoms with Crippen LogP contribution < -0.4 is 10.2 Å². The van der Waals surface area contributed by atoms with Gasteiger partial charge in [0.1, 0.15) is 10.7 Å². The van der Waals surface area contributed by atoms with E-state index in [2.05, 4.69) is 19.3 Å². The maximum Gasteiger partial charge on any atom is 0.341 e. The van der Waals surface area contributed by atoms with Gasteiger partial charge in [-0.2, -0.15) is 9.36 Å². The summed E-state index contributed by atoms with van der Waals surface area (Å²) in [7, 11) is 1.52. The first kappa shape index (κ1) is 19.0. The second-order valence-electron chi connectivity index (χ2n) is 6.00. The second kappa shape index (κ2) is 7.22. The molecule has 1 N–H and O–H groups in total. The van der Waals surface area contributed by atoms with Gasteiger partial charge in [-0.15, -0.1) is 0 Å². The van der Waals surface area contributed by atoms with Gasteiger partial charge in [-0.25, -0.2) is 14.8 Å². The average molecular weight is 430 g/mol. The Kier molecular flexibility index (Phi) is 4.73. The number of pyridine rings is 3. The highest BCUT2D eigenvalue weighted by atomic mass is 35.5. The number of ether oxygens (including phenoxy) is 1. The average Bonchev–Trinajstić information content (AvgIpc) is 3.17. The van der Waals surface area contributed by atoms with E-state index in [4.69, 9.17) is 16.3 Å². The largest absolute Gasteiger partial charge is 0.481 e. The van der Waals surface area contributed by atoms with Crippen LogP contribution in [0.4, 0.5) is 0 Å². The number of halogens is 1. The minimum atomic E-state index is -1.34. The Hall–Kier alpha value is -3.37. The van der Waals surface area contributed by atoms with E-state index in [1.165, 1.54) is 23.9 Å². The Labute approximate surface area is 172 Å². The summed E-state index contributed by atoms with van der Waals surface area (Å²) < 4.78 is 10.8. The molecule has 4 rings (SSSR count). The molecule has 0 aliphatic rings. The van der Waals surface area contributed by atoms with Crippen molar-refractivity contribution in [2.75, 3.05) is 7.11 Å². The number of fused-ring (bicyclic) bond motifs is 1. The fourth-order valence-electron chi connectivity index (χ4n) is 2.82. The monoisotopic (exact) mass is 429 g/mol. The number of hydrogen-bond donors (Lipinski definition) is 1. The van der Waals surface area contributed by atoms with Crippen molar-refractivity contribution in [1.82, 2.24) is 23.9 Å². The molecule has 0 saturated heterocycles. The number of carboxylic acids is 1. The van der Waals surface area contributed by atoms with E-state index in [1.807, 2.05) is 0 Å². The van der Waals surface area contributed by atoms with Crippen LogP contribution in [-0.2, 0) is 0 Å². The van der Waals surface area contributed by atoms with Crippen molar-refractivity contribution in [2.45, 2.75) is 6.92 Å². The van der Waals surface area contributed by atoms with Gasteiger partial charge in [-0.3, -0.25) is 9.36 Å². The van der Waals surface area contributed by atoms with Gasteiger partial charge in [0.15, 0.2) is 11.5 Å². The molecule has 0 atom stereocenters. The van der Waals surface area contributed by atoms with E-state index in [1.54, 1.807) is 25.3 Å². The lowest BCUT2D eigenvalue weighted by atomic mass is 10.1. The van der Waals surface area contributed by atoms with Crippen molar-refractivity contribution in [2.24, 2.45) is 0 Å². The van der Waals surface area contributed by atoms with Crippen LogP contribution in [0.2, 0.25) is 5.15 Å². The van der Waals surface area contributed by atoms with Gasteiger partial charge >= 0.3 is 5.97 Å². The molecule has 4 aromatic rings. The number of aromatic nitrogens is 5. The van der Waals surface area contributed by atoms with E-state index in [0.717, 1.165) is 11.5 Å². The van der Waals surface area contributed by atoms with Crippen LogP contribution in [0.5, 0.6) is 5.88 Å². The van der Waals surface area contributed by atoms with E-state index in [-0.39, 0.29) is 16.2 Å². The molecule has 146 valence electrons. The van der Waals surface area contributed by atoms with Crippen LogP contribution in [0.3, 0.4) is 0 Å². The lowest BCUT2D eigenvalue weighted by molar-refractivity contribution is 0.0695. The fraction of sp³-hybridized carbons (Fsp3) is 0.111. The first-order chi connectivity index (χ1) is 13.9. The summed E-state index contributed by atoms with van der Waals surface area (Å²) in [6.45, 7) is 1.67. The molecule has 0 spiro atoms. The van der Waals surface area contributed by atoms with Crippen molar-refractivity contribution in [3.8, 4) is 22.4 Å². The third-order valence-corrected chi connectivity index (χ3v) is 5.09. The number of rotatable bonds is 4. The molecule has 0 fully saturated rings. The third-order valence-electron chi connectivity index (χ3n) is 4.18. The highest BCUT2D eigenvalue weighted by Gasteiger charge is 2.20. The van der Waals surface area contributed by atoms with E-state index < -0.39 is 17.0 Å². The number of aromatic carboxylic acids is 1. The van der Waals surface area contributed by atoms with Crippen LogP contribution in [0.25, 0.3) is 27.6 Å². The molecule has 4 aromatic heterocycles. The summed E-state index contributed by atoms with van der Waals surface area (Å²) in [5, 5.41) is 10.1. The quantitative estimate of drug-likeness (QED) is 0.491. The number of carbonyl (C=O) groups is 1. The molecule has 0 unspecified atom stereocenters. The Bertz CT molecular complexity index is 1320. The molecule has 0 aliphatic heterocycles. The van der Waals surface area contributed by atoms with Crippen molar-refractivity contribution in [3.63, 3.8) is 0 Å². The standard InChI is InChI=1S/C18H12ClN5O4S/c1-8-5-11(19)21-16-13(8)14(25)10(17(26)27)7-24(16)18-22-15(23-29-18)9-3-4-12(28-2)20-6-9/h3-7H,1-2H3,(H,26,27). The molecule has 0 amide bonds. The zero-order chi connectivity index (χ0) is 20.7. The van der Waals surface area contributed by atoms with Crippen LogP contribution in [0.1, 0.15) is 15.9 Å². The normalized spacial score (nSPS) is 11.0. The van der Waals surface area contributed by atoms with E-state index in [9.17, 15) is 14.7 Å². The van der Waals surface area contributed by atoms with Gasteiger partial charge in [0.05, 0.1) is 12.5 Å². The van der Waals surface area contributed by atoms with Gasteiger partial charge in [-0.05, 0) is 24.6 Å². The van der Waals surface area contributed by atoms with Gasteiger partial charge in [0, 0.05) is 35.6 Å². The van der Waals surface area contributed by atoms with Crippen molar-refractivity contribution in [1.29, 1.82) is 0 Å². The highest BCUT2D eigenvalue weighted by Crippen LogP contribution is 2.25. The number of methoxy groups -OCH3 is 1. The zero-order valence-electron chi connectivity index (χ0n) is 15.1. The third kappa shape index (κ3) is 3.32. The zero-order valence-corrected chi connectivity index (χ0v) is 16.7. The predicted molar refractivity (Wildman–Crippen MR) is 107 cm³/mol. The van der Waals surface area contributed by atoms with Crippen molar-refractivity contribution in [3.05, 3.63) is 57.1 Å². The Balaban J connectivity index is 1.94. The number of nitrogens with zero attached hydrogens (tertiary/aromatic N) is 5. The maximum atomic E-state index is 12.6. The van der Waals surface area contributed by atoms with Crippen molar-refractivity contribution < 1.29 is 14.6 Å². The fourth-order valence-corrected chi connectivity index (χ4v) is 3.73. The molecule has 29 heavy (non-hydrogen) atoms. The van der Waals surface area contributed by atoms with Crippen LogP contribution >= 0.6 is 23.1 Å². The van der Waals surface area contributed by atoms with Crippen LogP contribution in [-0.4, -0.2) is 42.1 Å². The summed E-state index contributed by atoms with van der Waals surface area (Å²) >= 11 is 7.10. The molecule has 4 heterocycles. The van der Waals surface area contributed by atoms with Gasteiger partial charge in [0.2, 0.25) is 16.4 Å². The van der Waals surface area contributed by atoms with Gasteiger partial charge < -0.3 is 9.84 Å². The summed E-state index contributed by atoms with van der Waals surface area (Å²) in [5.74, 6) is -0.497. The second-order valence-corrected chi connectivity index (χ2v) is 7.11. The molecular weight excluding hydrogens is 418 g/mol. The maximum absolute atomic E-state index is 12.6. The summed E-state index contributed by atoms with van der Waals surface area (Å²) in [5.41, 5.74) is 0.355. The van der Waals surface area contributed by atoms with E-state index in [0.29, 0.717) is 28.0 Å². The summed E-state index contributed by atoms with van der Waals surface area (Å²) in [6.07, 6.45) is 2.75. The number of aryl methyl sites for hydroxylation is 1. The first-order valence-electron chi connectivity index (χ1n) is 8.19. The molecule has 0 radical (unpaired) electrons. The van der Waals surface area contributed by atoms with Crippen LogP contribution in [0.15, 0.2) is 35.4 Å². The molecule has 11 heteroatoms. The smallest absolute Gasteiger partial charge is 0.341 e. The minimum Gasteiger partial charge on any atom is -0.481 e.